The van der Waals surface area contributed by atoms with Gasteiger partial charge in [-0.3, -0.25) is 9.59 Å². The first-order valence-electron chi connectivity index (χ1n) is 6.25. The molecule has 1 fully saturated rings. The zero-order chi connectivity index (χ0) is 14.5. The molecular weight excluding hydrogens is 258 g/mol. The Morgan fingerprint density at radius 3 is 2.85 bits per heavy atom. The molecule has 0 radical (unpaired) electrons. The second-order valence-electron chi connectivity index (χ2n) is 4.53. The summed E-state index contributed by atoms with van der Waals surface area (Å²) < 4.78 is 5.37. The lowest BCUT2D eigenvalue weighted by Gasteiger charge is -2.31. The summed E-state index contributed by atoms with van der Waals surface area (Å²) in [6, 6.07) is 8.73. The smallest absolute Gasteiger partial charge is 0.261 e. The van der Waals surface area contributed by atoms with Crippen LogP contribution in [-0.4, -0.2) is 54.9 Å². The number of rotatable bonds is 3. The van der Waals surface area contributed by atoms with Crippen LogP contribution >= 0.6 is 0 Å². The normalized spacial score (nSPS) is 14.9. The predicted molar refractivity (Wildman–Crippen MR) is 70.9 cm³/mol. The minimum Gasteiger partial charge on any atom is -0.482 e. The van der Waals surface area contributed by atoms with Crippen LogP contribution in [0.1, 0.15) is 5.56 Å². The standard InChI is InChI=1S/C14H15N3O3/c1-16-6-7-17(9-13(16)18)14(19)10-20-12-5-3-2-4-11(12)8-15/h2-5H,6-7,9-10H2,1H3. The van der Waals surface area contributed by atoms with Crippen molar-refractivity contribution in [3.63, 3.8) is 0 Å². The fourth-order valence-corrected chi connectivity index (χ4v) is 1.89. The van der Waals surface area contributed by atoms with E-state index < -0.39 is 0 Å². The summed E-state index contributed by atoms with van der Waals surface area (Å²) in [6.07, 6.45) is 0. The minimum atomic E-state index is -0.251. The molecule has 0 unspecified atom stereocenters. The number of ether oxygens (including phenoxy) is 1. The summed E-state index contributed by atoms with van der Waals surface area (Å²) in [5.74, 6) is 0.0463. The van der Waals surface area contributed by atoms with Crippen LogP contribution in [0.25, 0.3) is 0 Å². The molecule has 1 aromatic carbocycles. The maximum atomic E-state index is 12.0. The van der Waals surface area contributed by atoms with Crippen molar-refractivity contribution in [2.45, 2.75) is 0 Å². The fraction of sp³-hybridized carbons (Fsp3) is 0.357. The van der Waals surface area contributed by atoms with Gasteiger partial charge in [-0.2, -0.15) is 5.26 Å². The van der Waals surface area contributed by atoms with Crippen LogP contribution in [0.5, 0.6) is 5.75 Å². The molecule has 0 saturated carbocycles. The van der Waals surface area contributed by atoms with Gasteiger partial charge in [-0.25, -0.2) is 0 Å². The molecule has 1 aliphatic heterocycles. The van der Waals surface area contributed by atoms with Gasteiger partial charge in [0.1, 0.15) is 11.8 Å². The van der Waals surface area contributed by atoms with Crippen LogP contribution in [0.3, 0.4) is 0 Å². The molecule has 0 N–H and O–H groups in total. The molecule has 0 aliphatic carbocycles. The van der Waals surface area contributed by atoms with Gasteiger partial charge in [0.15, 0.2) is 6.61 Å². The number of para-hydroxylation sites is 1. The molecule has 0 aromatic heterocycles. The van der Waals surface area contributed by atoms with Gasteiger partial charge >= 0.3 is 0 Å². The van der Waals surface area contributed by atoms with E-state index in [0.29, 0.717) is 24.4 Å². The zero-order valence-corrected chi connectivity index (χ0v) is 11.2. The van der Waals surface area contributed by atoms with Crippen molar-refractivity contribution < 1.29 is 14.3 Å². The lowest BCUT2D eigenvalue weighted by Crippen LogP contribution is -2.51. The van der Waals surface area contributed by atoms with Gasteiger partial charge in [-0.1, -0.05) is 12.1 Å². The average Bonchev–Trinajstić information content (AvgIpc) is 2.47. The number of nitriles is 1. The molecular formula is C14H15N3O3. The summed E-state index contributed by atoms with van der Waals surface area (Å²) in [7, 11) is 1.71. The molecule has 6 heteroatoms. The number of hydrogen-bond acceptors (Lipinski definition) is 4. The van der Waals surface area contributed by atoms with E-state index in [1.165, 1.54) is 4.90 Å². The van der Waals surface area contributed by atoms with E-state index in [1.807, 2.05) is 6.07 Å². The van der Waals surface area contributed by atoms with Gasteiger partial charge in [0.2, 0.25) is 5.91 Å². The molecule has 6 nitrogen and oxygen atoms in total. The number of carbonyl (C=O) groups is 2. The Labute approximate surface area is 117 Å². The first kappa shape index (κ1) is 13.9. The van der Waals surface area contributed by atoms with Crippen molar-refractivity contribution in [1.29, 1.82) is 5.26 Å². The van der Waals surface area contributed by atoms with Gasteiger partial charge in [0.05, 0.1) is 12.1 Å². The predicted octanol–water partition coefficient (Wildman–Crippen LogP) is 0.238. The fourth-order valence-electron chi connectivity index (χ4n) is 1.89. The van der Waals surface area contributed by atoms with E-state index in [1.54, 1.807) is 36.2 Å². The molecule has 104 valence electrons. The lowest BCUT2D eigenvalue weighted by atomic mass is 10.2. The van der Waals surface area contributed by atoms with Crippen LogP contribution < -0.4 is 4.74 Å². The van der Waals surface area contributed by atoms with Crippen molar-refractivity contribution >= 4 is 11.8 Å². The van der Waals surface area contributed by atoms with Gasteiger partial charge < -0.3 is 14.5 Å². The van der Waals surface area contributed by atoms with E-state index >= 15 is 0 Å². The van der Waals surface area contributed by atoms with Crippen molar-refractivity contribution in [2.75, 3.05) is 33.3 Å². The largest absolute Gasteiger partial charge is 0.482 e. The molecule has 0 spiro atoms. The van der Waals surface area contributed by atoms with Crippen LogP contribution in [0.4, 0.5) is 0 Å². The van der Waals surface area contributed by atoms with Crippen molar-refractivity contribution in [2.24, 2.45) is 0 Å². The topological polar surface area (TPSA) is 73.6 Å². The van der Waals surface area contributed by atoms with Crippen molar-refractivity contribution in [3.8, 4) is 11.8 Å². The maximum absolute atomic E-state index is 12.0. The monoisotopic (exact) mass is 273 g/mol. The Kier molecular flexibility index (Phi) is 4.20. The highest BCUT2D eigenvalue weighted by molar-refractivity contribution is 5.86. The average molecular weight is 273 g/mol. The number of piperazine rings is 1. The molecule has 1 aliphatic rings. The van der Waals surface area contributed by atoms with E-state index in [9.17, 15) is 9.59 Å². The highest BCUT2D eigenvalue weighted by Gasteiger charge is 2.25. The van der Waals surface area contributed by atoms with E-state index in [0.717, 1.165) is 0 Å². The van der Waals surface area contributed by atoms with Crippen LogP contribution in [0.2, 0.25) is 0 Å². The number of likely N-dealkylation sites (N-methyl/N-ethyl adjacent to an activating group) is 1. The molecule has 1 aromatic rings. The second-order valence-corrected chi connectivity index (χ2v) is 4.53. The van der Waals surface area contributed by atoms with E-state index in [2.05, 4.69) is 0 Å². The quantitative estimate of drug-likeness (QED) is 0.790. The first-order chi connectivity index (χ1) is 9.61. The number of carbonyl (C=O) groups excluding carboxylic acids is 2. The lowest BCUT2D eigenvalue weighted by molar-refractivity contribution is -0.145. The molecule has 1 saturated heterocycles. The Bertz CT molecular complexity index is 565. The first-order valence-corrected chi connectivity index (χ1v) is 6.25. The maximum Gasteiger partial charge on any atom is 0.261 e. The number of hydrogen-bond donors (Lipinski definition) is 0. The summed E-state index contributed by atoms with van der Waals surface area (Å²) >= 11 is 0. The van der Waals surface area contributed by atoms with Gasteiger partial charge in [-0.05, 0) is 12.1 Å². The Morgan fingerprint density at radius 2 is 2.15 bits per heavy atom. The third-order valence-electron chi connectivity index (χ3n) is 3.17. The zero-order valence-electron chi connectivity index (χ0n) is 11.2. The van der Waals surface area contributed by atoms with E-state index in [4.69, 9.17) is 10.00 Å². The number of benzene rings is 1. The summed E-state index contributed by atoms with van der Waals surface area (Å²) in [4.78, 5) is 26.6. The van der Waals surface area contributed by atoms with Crippen molar-refractivity contribution in [3.05, 3.63) is 29.8 Å². The van der Waals surface area contributed by atoms with Gasteiger partial charge in [0.25, 0.3) is 5.91 Å². The summed E-state index contributed by atoms with van der Waals surface area (Å²) in [5, 5.41) is 8.92. The highest BCUT2D eigenvalue weighted by Crippen LogP contribution is 2.16. The third kappa shape index (κ3) is 3.06. The van der Waals surface area contributed by atoms with Crippen LogP contribution in [0, 0.1) is 11.3 Å². The second kappa shape index (κ2) is 6.06. The van der Waals surface area contributed by atoms with Gasteiger partial charge in [-0.15, -0.1) is 0 Å². The van der Waals surface area contributed by atoms with Crippen LogP contribution in [-0.2, 0) is 9.59 Å². The Balaban J connectivity index is 1.93. The molecule has 2 rings (SSSR count). The van der Waals surface area contributed by atoms with Crippen LogP contribution in [0.15, 0.2) is 24.3 Å². The van der Waals surface area contributed by atoms with Gasteiger partial charge in [0, 0.05) is 20.1 Å². The summed E-state index contributed by atoms with van der Waals surface area (Å²) in [6.45, 7) is 0.942. The minimum absolute atomic E-state index is 0.0815. The molecule has 1 heterocycles. The van der Waals surface area contributed by atoms with Crippen molar-refractivity contribution in [1.82, 2.24) is 9.80 Å². The number of amides is 2. The summed E-state index contributed by atoms with van der Waals surface area (Å²) in [5.41, 5.74) is 0.384. The Morgan fingerprint density at radius 1 is 1.40 bits per heavy atom. The molecule has 20 heavy (non-hydrogen) atoms. The Hall–Kier alpha value is -2.55. The number of nitrogens with zero attached hydrogens (tertiary/aromatic N) is 3. The molecule has 2 amide bonds. The van der Waals surface area contributed by atoms with E-state index in [-0.39, 0.29) is 25.0 Å². The SMILES string of the molecule is CN1CCN(C(=O)COc2ccccc2C#N)CC1=O. The highest BCUT2D eigenvalue weighted by atomic mass is 16.5. The molecule has 0 atom stereocenters. The molecule has 0 bridgehead atoms. The third-order valence-corrected chi connectivity index (χ3v) is 3.17.